The summed E-state index contributed by atoms with van der Waals surface area (Å²) in [5.74, 6) is 0. The minimum absolute atomic E-state index is 0.363. The second kappa shape index (κ2) is 6.85. The molecule has 1 atom stereocenters. The Morgan fingerprint density at radius 2 is 1.48 bits per heavy atom. The highest BCUT2D eigenvalue weighted by atomic mass is 31.1. The summed E-state index contributed by atoms with van der Waals surface area (Å²) in [6.07, 6.45) is 6.74. The maximum absolute atomic E-state index is 3.58. The number of allylic oxidation sites excluding steroid dienone is 2. The van der Waals surface area contributed by atoms with Crippen molar-refractivity contribution in [3.8, 4) is 0 Å². The van der Waals surface area contributed by atoms with E-state index in [-0.39, 0.29) is 0 Å². The first-order chi connectivity index (χ1) is 10.4. The fourth-order valence-corrected chi connectivity index (χ4v) is 5.20. The van der Waals surface area contributed by atoms with Gasteiger partial charge < -0.3 is 5.32 Å². The van der Waals surface area contributed by atoms with Crippen molar-refractivity contribution >= 4 is 18.5 Å². The molecule has 2 aromatic rings. The minimum Gasteiger partial charge on any atom is -0.307 e. The van der Waals surface area contributed by atoms with E-state index in [0.717, 1.165) is 6.54 Å². The van der Waals surface area contributed by atoms with Crippen LogP contribution in [0.2, 0.25) is 0 Å². The van der Waals surface area contributed by atoms with Gasteiger partial charge in [0.1, 0.15) is 0 Å². The normalized spacial score (nSPS) is 17.2. The van der Waals surface area contributed by atoms with Crippen molar-refractivity contribution < 1.29 is 0 Å². The molecule has 106 valence electrons. The first-order valence-electron chi connectivity index (χ1n) is 7.42. The fraction of sp³-hybridized carbons (Fsp3) is 0.158. The highest BCUT2D eigenvalue weighted by Crippen LogP contribution is 2.46. The summed E-state index contributed by atoms with van der Waals surface area (Å²) in [7, 11) is -0.467. The highest BCUT2D eigenvalue weighted by Gasteiger charge is 2.25. The molecule has 0 spiro atoms. The van der Waals surface area contributed by atoms with Crippen LogP contribution >= 0.6 is 7.92 Å². The molecular formula is C19H20NP. The molecule has 0 saturated carbocycles. The van der Waals surface area contributed by atoms with Crippen LogP contribution in [0.25, 0.3) is 0 Å². The highest BCUT2D eigenvalue weighted by molar-refractivity contribution is 7.76. The minimum atomic E-state index is -0.467. The average molecular weight is 293 g/mol. The average Bonchev–Trinajstić information content (AvgIpc) is 2.98. The zero-order valence-electron chi connectivity index (χ0n) is 12.2. The predicted octanol–water partition coefficient (Wildman–Crippen LogP) is 3.55. The molecule has 3 rings (SSSR count). The third kappa shape index (κ3) is 3.15. The summed E-state index contributed by atoms with van der Waals surface area (Å²) >= 11 is 0. The van der Waals surface area contributed by atoms with E-state index in [4.69, 9.17) is 0 Å². The maximum atomic E-state index is 3.58. The molecule has 2 aromatic carbocycles. The van der Waals surface area contributed by atoms with E-state index >= 15 is 0 Å². The van der Waals surface area contributed by atoms with Gasteiger partial charge in [0, 0.05) is 0 Å². The van der Waals surface area contributed by atoms with Crippen molar-refractivity contribution in [2.24, 2.45) is 0 Å². The Balaban J connectivity index is 2.02. The summed E-state index contributed by atoms with van der Waals surface area (Å²) < 4.78 is 0. The standard InChI is InChI=1S/C19H20NP/c1-2-20-18-14-9-15-19(18)21(16-10-5-3-6-11-16)17-12-7-4-8-13-17/h3-15,18,20H,2H2,1H3. The first-order valence-corrected chi connectivity index (χ1v) is 8.76. The maximum Gasteiger partial charge on any atom is 0.0520 e. The van der Waals surface area contributed by atoms with E-state index in [0.29, 0.717) is 6.04 Å². The fourth-order valence-electron chi connectivity index (χ4n) is 2.68. The molecule has 1 N–H and O–H groups in total. The molecule has 0 fully saturated rings. The Morgan fingerprint density at radius 1 is 0.905 bits per heavy atom. The number of likely N-dealkylation sites (N-methyl/N-ethyl adjacent to an activating group) is 1. The van der Waals surface area contributed by atoms with E-state index < -0.39 is 7.92 Å². The van der Waals surface area contributed by atoms with Crippen LogP contribution in [0.15, 0.2) is 84.2 Å². The molecule has 0 aromatic heterocycles. The van der Waals surface area contributed by atoms with Gasteiger partial charge in [0.15, 0.2) is 0 Å². The summed E-state index contributed by atoms with van der Waals surface area (Å²) in [4.78, 5) is 0. The molecule has 0 saturated heterocycles. The SMILES string of the molecule is CCNC1C=CC=C1P(c1ccccc1)c1ccccc1. The monoisotopic (exact) mass is 293 g/mol. The van der Waals surface area contributed by atoms with Gasteiger partial charge in [0.2, 0.25) is 0 Å². The molecule has 21 heavy (non-hydrogen) atoms. The van der Waals surface area contributed by atoms with E-state index in [2.05, 4.69) is 91.1 Å². The number of benzene rings is 2. The lowest BCUT2D eigenvalue weighted by molar-refractivity contribution is 0.705. The van der Waals surface area contributed by atoms with E-state index in [9.17, 15) is 0 Å². The van der Waals surface area contributed by atoms with Gasteiger partial charge in [-0.25, -0.2) is 0 Å². The van der Waals surface area contributed by atoms with Crippen LogP contribution in [-0.2, 0) is 0 Å². The third-order valence-electron chi connectivity index (χ3n) is 3.60. The van der Waals surface area contributed by atoms with Gasteiger partial charge in [-0.15, -0.1) is 0 Å². The molecule has 0 heterocycles. The van der Waals surface area contributed by atoms with E-state index in [1.54, 1.807) is 0 Å². The summed E-state index contributed by atoms with van der Waals surface area (Å²) in [6, 6.07) is 22.1. The largest absolute Gasteiger partial charge is 0.307 e. The van der Waals surface area contributed by atoms with Crippen molar-refractivity contribution in [3.05, 3.63) is 84.2 Å². The summed E-state index contributed by atoms with van der Waals surface area (Å²) in [5, 5.41) is 7.89. The molecular weight excluding hydrogens is 273 g/mol. The molecule has 1 nitrogen and oxygen atoms in total. The zero-order chi connectivity index (χ0) is 14.5. The van der Waals surface area contributed by atoms with Gasteiger partial charge in [-0.1, -0.05) is 85.8 Å². The Kier molecular flexibility index (Phi) is 4.65. The third-order valence-corrected chi connectivity index (χ3v) is 6.17. The summed E-state index contributed by atoms with van der Waals surface area (Å²) in [5.41, 5.74) is 0. The van der Waals surface area contributed by atoms with Crippen LogP contribution in [0.1, 0.15) is 6.92 Å². The molecule has 0 amide bonds. The Labute approximate surface area is 128 Å². The van der Waals surface area contributed by atoms with Gasteiger partial charge in [-0.05, 0) is 30.4 Å². The van der Waals surface area contributed by atoms with Crippen LogP contribution < -0.4 is 15.9 Å². The quantitative estimate of drug-likeness (QED) is 0.831. The molecule has 2 heteroatoms. The van der Waals surface area contributed by atoms with Crippen molar-refractivity contribution in [3.63, 3.8) is 0 Å². The topological polar surface area (TPSA) is 12.0 Å². The Bertz CT molecular complexity index is 592. The second-order valence-electron chi connectivity index (χ2n) is 5.02. The predicted molar refractivity (Wildman–Crippen MR) is 93.8 cm³/mol. The zero-order valence-corrected chi connectivity index (χ0v) is 13.1. The Morgan fingerprint density at radius 3 is 2.00 bits per heavy atom. The van der Waals surface area contributed by atoms with Crippen LogP contribution in [0.5, 0.6) is 0 Å². The Hall–Kier alpha value is -1.69. The lowest BCUT2D eigenvalue weighted by atomic mass is 10.3. The van der Waals surface area contributed by atoms with Gasteiger partial charge in [0.25, 0.3) is 0 Å². The van der Waals surface area contributed by atoms with E-state index in [1.807, 2.05) is 0 Å². The lowest BCUT2D eigenvalue weighted by Gasteiger charge is -2.25. The van der Waals surface area contributed by atoms with Gasteiger partial charge in [0.05, 0.1) is 6.04 Å². The van der Waals surface area contributed by atoms with Crippen molar-refractivity contribution in [1.82, 2.24) is 5.32 Å². The number of hydrogen-bond donors (Lipinski definition) is 1. The molecule has 1 aliphatic rings. The van der Waals surface area contributed by atoms with E-state index in [1.165, 1.54) is 15.9 Å². The molecule has 0 bridgehead atoms. The van der Waals surface area contributed by atoms with Crippen LogP contribution in [0, 0.1) is 0 Å². The van der Waals surface area contributed by atoms with Crippen molar-refractivity contribution in [2.75, 3.05) is 6.54 Å². The second-order valence-corrected chi connectivity index (χ2v) is 7.24. The molecule has 0 aliphatic heterocycles. The van der Waals surface area contributed by atoms with Gasteiger partial charge in [-0.2, -0.15) is 0 Å². The summed E-state index contributed by atoms with van der Waals surface area (Å²) in [6.45, 7) is 3.15. The number of rotatable bonds is 5. The number of hydrogen-bond acceptors (Lipinski definition) is 1. The first kappa shape index (κ1) is 14.3. The molecule has 0 radical (unpaired) electrons. The van der Waals surface area contributed by atoms with Crippen molar-refractivity contribution in [1.29, 1.82) is 0 Å². The van der Waals surface area contributed by atoms with Gasteiger partial charge in [-0.3, -0.25) is 0 Å². The smallest absolute Gasteiger partial charge is 0.0520 e. The lowest BCUT2D eigenvalue weighted by Crippen LogP contribution is -2.29. The van der Waals surface area contributed by atoms with Crippen LogP contribution in [0.4, 0.5) is 0 Å². The number of nitrogens with one attached hydrogen (secondary N) is 1. The molecule has 1 unspecified atom stereocenters. The van der Waals surface area contributed by atoms with Gasteiger partial charge >= 0.3 is 0 Å². The van der Waals surface area contributed by atoms with Crippen molar-refractivity contribution in [2.45, 2.75) is 13.0 Å². The molecule has 1 aliphatic carbocycles. The van der Waals surface area contributed by atoms with Crippen LogP contribution in [-0.4, -0.2) is 12.6 Å². The van der Waals surface area contributed by atoms with Crippen LogP contribution in [0.3, 0.4) is 0 Å².